The van der Waals surface area contributed by atoms with E-state index in [0.29, 0.717) is 13.2 Å². The van der Waals surface area contributed by atoms with E-state index in [2.05, 4.69) is 0 Å². The molecule has 0 bridgehead atoms. The van der Waals surface area contributed by atoms with E-state index >= 15 is 0 Å². The van der Waals surface area contributed by atoms with Gasteiger partial charge in [-0.1, -0.05) is 13.8 Å². The zero-order chi connectivity index (χ0) is 9.84. The summed E-state index contributed by atoms with van der Waals surface area (Å²) in [5.41, 5.74) is 0. The van der Waals surface area contributed by atoms with Crippen molar-refractivity contribution in [2.75, 3.05) is 13.2 Å². The van der Waals surface area contributed by atoms with Crippen LogP contribution in [0, 0.1) is 5.92 Å². The molecule has 0 saturated carbocycles. The molecule has 0 aromatic carbocycles. The van der Waals surface area contributed by atoms with Crippen molar-refractivity contribution in [1.82, 2.24) is 0 Å². The van der Waals surface area contributed by atoms with Crippen LogP contribution in [0.5, 0.6) is 0 Å². The molecular formula is C9H16O4. The number of rotatable bonds is 4. The molecule has 2 atom stereocenters. The first-order valence-corrected chi connectivity index (χ1v) is 4.57. The fraction of sp³-hybridized carbons (Fsp3) is 0.889. The summed E-state index contributed by atoms with van der Waals surface area (Å²) in [6.07, 6.45) is 0.0615. The Kier molecular flexibility index (Phi) is 3.69. The van der Waals surface area contributed by atoms with Crippen molar-refractivity contribution in [2.24, 2.45) is 5.92 Å². The first-order valence-electron chi connectivity index (χ1n) is 4.57. The normalized spacial score (nSPS) is 25.0. The van der Waals surface area contributed by atoms with Crippen LogP contribution in [0.1, 0.15) is 20.3 Å². The first-order chi connectivity index (χ1) is 6.11. The summed E-state index contributed by atoms with van der Waals surface area (Å²) in [6, 6.07) is 0. The average molecular weight is 188 g/mol. The summed E-state index contributed by atoms with van der Waals surface area (Å²) in [5.74, 6) is -0.889. The van der Waals surface area contributed by atoms with Crippen molar-refractivity contribution >= 4 is 5.97 Å². The monoisotopic (exact) mass is 188 g/mol. The molecule has 0 aliphatic carbocycles. The predicted molar refractivity (Wildman–Crippen MR) is 46.6 cm³/mol. The van der Waals surface area contributed by atoms with Gasteiger partial charge in [-0.15, -0.1) is 0 Å². The topological polar surface area (TPSA) is 55.8 Å². The number of hydrogen-bond donors (Lipinski definition) is 1. The van der Waals surface area contributed by atoms with E-state index in [9.17, 15) is 4.79 Å². The Morgan fingerprint density at radius 2 is 2.31 bits per heavy atom. The van der Waals surface area contributed by atoms with Gasteiger partial charge in [-0.3, -0.25) is 0 Å². The van der Waals surface area contributed by atoms with E-state index in [-0.39, 0.29) is 12.0 Å². The quantitative estimate of drug-likeness (QED) is 0.712. The van der Waals surface area contributed by atoms with Crippen LogP contribution in [0.3, 0.4) is 0 Å². The Morgan fingerprint density at radius 3 is 2.69 bits per heavy atom. The minimum Gasteiger partial charge on any atom is -0.479 e. The lowest BCUT2D eigenvalue weighted by molar-refractivity contribution is -0.158. The molecular weight excluding hydrogens is 172 g/mol. The molecule has 4 heteroatoms. The maximum absolute atomic E-state index is 10.8. The molecule has 1 saturated heterocycles. The van der Waals surface area contributed by atoms with Crippen LogP contribution in [-0.2, 0) is 14.3 Å². The lowest BCUT2D eigenvalue weighted by Gasteiger charge is -2.20. The second kappa shape index (κ2) is 4.58. The highest BCUT2D eigenvalue weighted by atomic mass is 16.6. The van der Waals surface area contributed by atoms with Gasteiger partial charge in [0.2, 0.25) is 0 Å². The highest BCUT2D eigenvalue weighted by Gasteiger charge is 2.27. The van der Waals surface area contributed by atoms with Crippen molar-refractivity contribution in [3.8, 4) is 0 Å². The number of ether oxygens (including phenoxy) is 2. The minimum absolute atomic E-state index is 0.00176. The lowest BCUT2D eigenvalue weighted by Crippen LogP contribution is -2.33. The Labute approximate surface area is 77.8 Å². The molecule has 0 radical (unpaired) electrons. The third-order valence-electron chi connectivity index (χ3n) is 2.08. The van der Waals surface area contributed by atoms with Crippen LogP contribution in [0.25, 0.3) is 0 Å². The van der Waals surface area contributed by atoms with E-state index in [1.54, 1.807) is 0 Å². The molecule has 76 valence electrons. The molecule has 1 N–H and O–H groups in total. The van der Waals surface area contributed by atoms with Crippen LogP contribution in [-0.4, -0.2) is 36.5 Å². The maximum atomic E-state index is 10.8. The number of hydrogen-bond acceptors (Lipinski definition) is 3. The van der Waals surface area contributed by atoms with Gasteiger partial charge in [-0.05, 0) is 12.3 Å². The van der Waals surface area contributed by atoms with E-state index in [0.717, 1.165) is 6.42 Å². The third-order valence-corrected chi connectivity index (χ3v) is 2.08. The Bertz CT molecular complexity index is 172. The van der Waals surface area contributed by atoms with Crippen LogP contribution in [0.15, 0.2) is 0 Å². The predicted octanol–water partition coefficient (Wildman–Crippen LogP) is 0.901. The zero-order valence-electron chi connectivity index (χ0n) is 8.03. The van der Waals surface area contributed by atoms with Crippen molar-refractivity contribution in [3.05, 3.63) is 0 Å². The minimum atomic E-state index is -0.887. The van der Waals surface area contributed by atoms with Gasteiger partial charge in [0.05, 0.1) is 12.7 Å². The van der Waals surface area contributed by atoms with Crippen molar-refractivity contribution < 1.29 is 19.4 Å². The molecule has 1 aliphatic heterocycles. The number of carbonyl (C=O) groups is 1. The fourth-order valence-electron chi connectivity index (χ4n) is 1.33. The molecule has 2 unspecified atom stereocenters. The van der Waals surface area contributed by atoms with Gasteiger partial charge < -0.3 is 14.6 Å². The van der Waals surface area contributed by atoms with E-state index in [1.165, 1.54) is 0 Å². The second-order valence-electron chi connectivity index (χ2n) is 3.62. The standard InChI is InChI=1S/C9H16O4/c1-6(2)8(9(10)11)13-7-3-4-12-5-7/h6-8H,3-5H2,1-2H3,(H,10,11). The van der Waals surface area contributed by atoms with Gasteiger partial charge >= 0.3 is 5.97 Å². The van der Waals surface area contributed by atoms with Crippen LogP contribution >= 0.6 is 0 Å². The Hall–Kier alpha value is -0.610. The smallest absolute Gasteiger partial charge is 0.333 e. The largest absolute Gasteiger partial charge is 0.479 e. The van der Waals surface area contributed by atoms with Crippen molar-refractivity contribution in [1.29, 1.82) is 0 Å². The summed E-state index contributed by atoms with van der Waals surface area (Å²) in [5, 5.41) is 8.84. The summed E-state index contributed by atoms with van der Waals surface area (Å²) in [7, 11) is 0. The number of aliphatic carboxylic acids is 1. The van der Waals surface area contributed by atoms with Gasteiger partial charge in [0.15, 0.2) is 6.10 Å². The summed E-state index contributed by atoms with van der Waals surface area (Å²) < 4.78 is 10.5. The third kappa shape index (κ3) is 2.97. The average Bonchev–Trinajstić information content (AvgIpc) is 2.50. The molecule has 4 nitrogen and oxygen atoms in total. The zero-order valence-corrected chi connectivity index (χ0v) is 8.03. The molecule has 0 amide bonds. The van der Waals surface area contributed by atoms with Gasteiger partial charge in [-0.2, -0.15) is 0 Å². The highest BCUT2D eigenvalue weighted by molar-refractivity contribution is 5.72. The molecule has 0 spiro atoms. The summed E-state index contributed by atoms with van der Waals surface area (Å²) in [6.45, 7) is 4.88. The van der Waals surface area contributed by atoms with Crippen LogP contribution in [0.4, 0.5) is 0 Å². The van der Waals surface area contributed by atoms with E-state index < -0.39 is 12.1 Å². The van der Waals surface area contributed by atoms with Crippen LogP contribution in [0.2, 0.25) is 0 Å². The molecule has 0 aromatic heterocycles. The molecule has 13 heavy (non-hydrogen) atoms. The van der Waals surface area contributed by atoms with E-state index in [1.807, 2.05) is 13.8 Å². The Balaban J connectivity index is 2.41. The molecule has 1 rings (SSSR count). The summed E-state index contributed by atoms with van der Waals surface area (Å²) in [4.78, 5) is 10.8. The number of carboxylic acids is 1. The highest BCUT2D eigenvalue weighted by Crippen LogP contribution is 2.15. The van der Waals surface area contributed by atoms with Gasteiger partial charge in [0, 0.05) is 6.61 Å². The van der Waals surface area contributed by atoms with Gasteiger partial charge in [-0.25, -0.2) is 4.79 Å². The first kappa shape index (κ1) is 10.5. The Morgan fingerprint density at radius 1 is 1.62 bits per heavy atom. The number of carboxylic acid groups (broad SMARTS) is 1. The lowest BCUT2D eigenvalue weighted by atomic mass is 10.1. The maximum Gasteiger partial charge on any atom is 0.333 e. The molecule has 1 heterocycles. The van der Waals surface area contributed by atoms with Crippen LogP contribution < -0.4 is 0 Å². The molecule has 0 aromatic rings. The van der Waals surface area contributed by atoms with Crippen molar-refractivity contribution in [3.63, 3.8) is 0 Å². The molecule has 1 aliphatic rings. The SMILES string of the molecule is CC(C)C(OC1CCOC1)C(=O)O. The fourth-order valence-corrected chi connectivity index (χ4v) is 1.33. The second-order valence-corrected chi connectivity index (χ2v) is 3.62. The van der Waals surface area contributed by atoms with Gasteiger partial charge in [0.1, 0.15) is 0 Å². The summed E-state index contributed by atoms with van der Waals surface area (Å²) >= 11 is 0. The van der Waals surface area contributed by atoms with E-state index in [4.69, 9.17) is 14.6 Å². The van der Waals surface area contributed by atoms with Crippen molar-refractivity contribution in [2.45, 2.75) is 32.5 Å². The van der Waals surface area contributed by atoms with Gasteiger partial charge in [0.25, 0.3) is 0 Å². The molecule has 1 fully saturated rings.